The minimum absolute atomic E-state index is 0. The average Bonchev–Trinajstić information content (AvgIpc) is 2.80. The van der Waals surface area contributed by atoms with Crippen molar-refractivity contribution in [2.24, 2.45) is 4.99 Å². The Balaban J connectivity index is 0.00000480. The fraction of sp³-hybridized carbons (Fsp3) is 0.409. The van der Waals surface area contributed by atoms with E-state index in [1.54, 1.807) is 35.5 Å². The maximum atomic E-state index is 5.75. The number of aliphatic imine (C=N–C) groups is 1. The van der Waals surface area contributed by atoms with Crippen LogP contribution in [0.25, 0.3) is 0 Å². The molecule has 2 N–H and O–H groups in total. The van der Waals surface area contributed by atoms with Gasteiger partial charge in [-0.2, -0.15) is 0 Å². The van der Waals surface area contributed by atoms with Gasteiger partial charge in [-0.25, -0.2) is 0 Å². The van der Waals surface area contributed by atoms with Crippen molar-refractivity contribution in [2.75, 3.05) is 48.6 Å². The van der Waals surface area contributed by atoms with Crippen molar-refractivity contribution < 1.29 is 23.7 Å². The molecule has 2 aromatic rings. The summed E-state index contributed by atoms with van der Waals surface area (Å²) in [6.45, 7) is 1.86. The van der Waals surface area contributed by atoms with E-state index in [2.05, 4.69) is 15.6 Å². The van der Waals surface area contributed by atoms with Gasteiger partial charge in [0.2, 0.25) is 5.75 Å². The molecule has 0 atom stereocenters. The van der Waals surface area contributed by atoms with E-state index in [0.717, 1.165) is 30.0 Å². The van der Waals surface area contributed by atoms with Crippen LogP contribution in [0, 0.1) is 0 Å². The Labute approximate surface area is 201 Å². The fourth-order valence-corrected chi connectivity index (χ4v) is 2.80. The van der Waals surface area contributed by atoms with Crippen LogP contribution in [0.15, 0.2) is 41.4 Å². The highest BCUT2D eigenvalue weighted by Crippen LogP contribution is 2.38. The summed E-state index contributed by atoms with van der Waals surface area (Å²) in [6.07, 6.45) is 0.822. The average molecular weight is 545 g/mol. The molecule has 2 rings (SSSR count). The third-order valence-corrected chi connectivity index (χ3v) is 4.33. The Morgan fingerprint density at radius 1 is 0.871 bits per heavy atom. The molecule has 0 fully saturated rings. The predicted molar refractivity (Wildman–Crippen MR) is 133 cm³/mol. The monoisotopic (exact) mass is 545 g/mol. The molecule has 0 saturated carbocycles. The number of nitrogens with zero attached hydrogens (tertiary/aromatic N) is 1. The summed E-state index contributed by atoms with van der Waals surface area (Å²) < 4.78 is 27.1. The first-order chi connectivity index (χ1) is 14.6. The Morgan fingerprint density at radius 3 is 2.13 bits per heavy atom. The highest BCUT2D eigenvalue weighted by molar-refractivity contribution is 14.0. The highest BCUT2D eigenvalue weighted by atomic mass is 127. The number of rotatable bonds is 11. The molecule has 0 aliphatic carbocycles. The normalized spacial score (nSPS) is 10.5. The number of hydrogen-bond donors (Lipinski definition) is 2. The molecule has 172 valence electrons. The highest BCUT2D eigenvalue weighted by Gasteiger charge is 2.13. The van der Waals surface area contributed by atoms with Crippen LogP contribution in [-0.2, 0) is 6.54 Å². The summed E-state index contributed by atoms with van der Waals surface area (Å²) in [7, 11) is 8.16. The molecular formula is C22H32IN3O5. The van der Waals surface area contributed by atoms with Crippen LogP contribution in [0.2, 0.25) is 0 Å². The lowest BCUT2D eigenvalue weighted by molar-refractivity contribution is 0.308. The largest absolute Gasteiger partial charge is 0.497 e. The van der Waals surface area contributed by atoms with Crippen LogP contribution in [0.3, 0.4) is 0 Å². The maximum absolute atomic E-state index is 5.75. The second kappa shape index (κ2) is 14.4. The summed E-state index contributed by atoms with van der Waals surface area (Å²) >= 11 is 0. The quantitative estimate of drug-likeness (QED) is 0.194. The van der Waals surface area contributed by atoms with Gasteiger partial charge in [-0.3, -0.25) is 4.99 Å². The molecule has 0 heterocycles. The number of ether oxygens (including phenoxy) is 5. The molecule has 0 unspecified atom stereocenters. The number of methoxy groups -OCH3 is 4. The SMILES string of the molecule is CN=C(NCCCOc1cccc(OC)c1)NCc1cc(OC)c(OC)c(OC)c1.I. The summed E-state index contributed by atoms with van der Waals surface area (Å²) in [5.74, 6) is 4.08. The van der Waals surface area contributed by atoms with Crippen LogP contribution in [0.5, 0.6) is 28.7 Å². The molecule has 0 bridgehead atoms. The van der Waals surface area contributed by atoms with Crippen LogP contribution in [0.1, 0.15) is 12.0 Å². The Bertz CT molecular complexity index is 808. The van der Waals surface area contributed by atoms with Gasteiger partial charge in [0.05, 0.1) is 35.0 Å². The first kappa shape index (κ1) is 26.5. The zero-order valence-electron chi connectivity index (χ0n) is 18.7. The maximum Gasteiger partial charge on any atom is 0.203 e. The van der Waals surface area contributed by atoms with E-state index in [-0.39, 0.29) is 24.0 Å². The zero-order valence-corrected chi connectivity index (χ0v) is 21.0. The van der Waals surface area contributed by atoms with Crippen LogP contribution < -0.4 is 34.3 Å². The van der Waals surface area contributed by atoms with E-state index in [4.69, 9.17) is 23.7 Å². The van der Waals surface area contributed by atoms with Crippen molar-refractivity contribution in [1.82, 2.24) is 10.6 Å². The van der Waals surface area contributed by atoms with E-state index in [1.165, 1.54) is 0 Å². The van der Waals surface area contributed by atoms with Crippen LogP contribution in [-0.4, -0.2) is 54.6 Å². The molecule has 0 amide bonds. The number of nitrogens with one attached hydrogen (secondary N) is 2. The van der Waals surface area contributed by atoms with Gasteiger partial charge in [0.15, 0.2) is 17.5 Å². The summed E-state index contributed by atoms with van der Waals surface area (Å²) in [5, 5.41) is 6.55. The van der Waals surface area contributed by atoms with E-state index in [9.17, 15) is 0 Å². The van der Waals surface area contributed by atoms with E-state index < -0.39 is 0 Å². The van der Waals surface area contributed by atoms with Crippen molar-refractivity contribution >= 4 is 29.9 Å². The zero-order chi connectivity index (χ0) is 21.8. The summed E-state index contributed by atoms with van der Waals surface area (Å²) in [6, 6.07) is 11.4. The lowest BCUT2D eigenvalue weighted by Crippen LogP contribution is -2.37. The molecule has 2 aromatic carbocycles. The predicted octanol–water partition coefficient (Wildman–Crippen LogP) is 3.47. The molecule has 0 aromatic heterocycles. The van der Waals surface area contributed by atoms with Crippen molar-refractivity contribution in [3.05, 3.63) is 42.0 Å². The van der Waals surface area contributed by atoms with Crippen molar-refractivity contribution in [1.29, 1.82) is 0 Å². The molecule has 31 heavy (non-hydrogen) atoms. The van der Waals surface area contributed by atoms with Gasteiger partial charge in [-0.1, -0.05) is 6.07 Å². The molecule has 0 aliphatic rings. The van der Waals surface area contributed by atoms with Gasteiger partial charge in [-0.05, 0) is 36.2 Å². The van der Waals surface area contributed by atoms with Crippen molar-refractivity contribution in [3.63, 3.8) is 0 Å². The Hall–Kier alpha value is -2.56. The fourth-order valence-electron chi connectivity index (χ4n) is 2.80. The first-order valence-electron chi connectivity index (χ1n) is 9.65. The second-order valence-electron chi connectivity index (χ2n) is 6.27. The topological polar surface area (TPSA) is 82.6 Å². The minimum Gasteiger partial charge on any atom is -0.497 e. The van der Waals surface area contributed by atoms with Gasteiger partial charge < -0.3 is 34.3 Å². The summed E-state index contributed by atoms with van der Waals surface area (Å²) in [4.78, 5) is 4.25. The van der Waals surface area contributed by atoms with Gasteiger partial charge in [0.1, 0.15) is 11.5 Å². The lowest BCUT2D eigenvalue weighted by Gasteiger charge is -2.16. The van der Waals surface area contributed by atoms with Crippen LogP contribution in [0.4, 0.5) is 0 Å². The molecule has 0 aliphatic heterocycles. The van der Waals surface area contributed by atoms with Crippen molar-refractivity contribution in [3.8, 4) is 28.7 Å². The molecule has 8 nitrogen and oxygen atoms in total. The number of guanidine groups is 1. The third-order valence-electron chi connectivity index (χ3n) is 4.33. The van der Waals surface area contributed by atoms with Gasteiger partial charge in [0.25, 0.3) is 0 Å². The number of halogens is 1. The first-order valence-corrected chi connectivity index (χ1v) is 9.65. The minimum atomic E-state index is 0. The molecule has 0 saturated heterocycles. The molecule has 9 heteroatoms. The molecular weight excluding hydrogens is 513 g/mol. The Kier molecular flexibility index (Phi) is 12.3. The van der Waals surface area contributed by atoms with E-state index in [1.807, 2.05) is 36.4 Å². The Morgan fingerprint density at radius 2 is 1.55 bits per heavy atom. The van der Waals surface area contributed by atoms with Gasteiger partial charge >= 0.3 is 0 Å². The second-order valence-corrected chi connectivity index (χ2v) is 6.27. The molecule has 0 spiro atoms. The number of benzene rings is 2. The van der Waals surface area contributed by atoms with E-state index in [0.29, 0.717) is 36.4 Å². The summed E-state index contributed by atoms with van der Waals surface area (Å²) in [5.41, 5.74) is 0.980. The smallest absolute Gasteiger partial charge is 0.203 e. The van der Waals surface area contributed by atoms with Crippen LogP contribution >= 0.6 is 24.0 Å². The standard InChI is InChI=1S/C22H31N3O5.HI/c1-23-22(24-10-7-11-30-18-9-6-8-17(14-18)26-2)25-15-16-12-19(27-3)21(29-5)20(13-16)28-4;/h6,8-9,12-14H,7,10-11,15H2,1-5H3,(H2,23,24,25);1H. The third kappa shape index (κ3) is 8.23. The van der Waals surface area contributed by atoms with Crippen molar-refractivity contribution in [2.45, 2.75) is 13.0 Å². The van der Waals surface area contributed by atoms with Gasteiger partial charge in [-0.15, -0.1) is 24.0 Å². The van der Waals surface area contributed by atoms with E-state index >= 15 is 0 Å². The molecule has 0 radical (unpaired) electrons. The number of hydrogen-bond acceptors (Lipinski definition) is 6. The van der Waals surface area contributed by atoms with Gasteiger partial charge in [0, 0.05) is 26.2 Å². The lowest BCUT2D eigenvalue weighted by atomic mass is 10.2.